The van der Waals surface area contributed by atoms with Crippen molar-refractivity contribution in [2.75, 3.05) is 11.9 Å². The van der Waals surface area contributed by atoms with Crippen molar-refractivity contribution in [3.63, 3.8) is 0 Å². The summed E-state index contributed by atoms with van der Waals surface area (Å²) in [6.45, 7) is 5.62. The number of para-hydroxylation sites is 1. The predicted molar refractivity (Wildman–Crippen MR) is 105 cm³/mol. The van der Waals surface area contributed by atoms with E-state index in [-0.39, 0.29) is 17.1 Å². The van der Waals surface area contributed by atoms with E-state index in [0.29, 0.717) is 14.4 Å². The van der Waals surface area contributed by atoms with Crippen molar-refractivity contribution in [3.8, 4) is 5.75 Å². The average Bonchev–Trinajstić information content (AvgIpc) is 2.85. The summed E-state index contributed by atoms with van der Waals surface area (Å²) in [5.41, 5.74) is 1.73. The van der Waals surface area contributed by atoms with Crippen molar-refractivity contribution < 1.29 is 42.1 Å². The van der Waals surface area contributed by atoms with Crippen molar-refractivity contribution in [1.82, 2.24) is 0 Å². The van der Waals surface area contributed by atoms with Crippen LogP contribution in [-0.4, -0.2) is 23.7 Å². The maximum atomic E-state index is 11.4. The van der Waals surface area contributed by atoms with Gasteiger partial charge in [0.1, 0.15) is 0 Å². The zero-order valence-corrected chi connectivity index (χ0v) is 22.3. The quantitative estimate of drug-likeness (QED) is 0.315. The van der Waals surface area contributed by atoms with Gasteiger partial charge in [-0.1, -0.05) is 0 Å². The number of non-ortho nitro benzene ring substituents is 1. The van der Waals surface area contributed by atoms with E-state index in [4.69, 9.17) is 7.38 Å². The molecule has 2 aliphatic heterocycles. The SMILES string of the molecule is CC(=O)[O][Hg][c]1cc([N+](=O)[O-])cc2c1OC1(C=C2)N(C)c2ccccc2C1(C)C. The number of likely N-dealkylation sites (N-methyl/N-ethyl adjacent to an activating group) is 1. The van der Waals surface area contributed by atoms with E-state index < -0.39 is 35.7 Å². The predicted octanol–water partition coefficient (Wildman–Crippen LogP) is 3.31. The molecule has 4 rings (SSSR count). The van der Waals surface area contributed by atoms with E-state index in [1.54, 1.807) is 0 Å². The summed E-state index contributed by atoms with van der Waals surface area (Å²) in [6, 6.07) is 11.2. The van der Waals surface area contributed by atoms with Crippen molar-refractivity contribution >= 4 is 26.5 Å². The van der Waals surface area contributed by atoms with Gasteiger partial charge in [0.2, 0.25) is 0 Å². The molecule has 29 heavy (non-hydrogen) atoms. The number of benzene rings is 2. The third-order valence-corrected chi connectivity index (χ3v) is 11.3. The van der Waals surface area contributed by atoms with Crippen LogP contribution >= 0.6 is 0 Å². The number of anilines is 1. The number of hydrogen-bond donors (Lipinski definition) is 0. The fraction of sp³-hybridized carbons (Fsp3) is 0.286. The summed E-state index contributed by atoms with van der Waals surface area (Å²) in [5.74, 6) is 0.229. The number of carbonyl (C=O) groups excluding carboxylic acids is 1. The molecule has 1 spiro atoms. The Balaban J connectivity index is 1.85. The van der Waals surface area contributed by atoms with Crippen molar-refractivity contribution in [3.05, 3.63) is 63.7 Å². The summed E-state index contributed by atoms with van der Waals surface area (Å²) < 4.78 is 12.7. The fourth-order valence-corrected chi connectivity index (χ4v) is 8.45. The van der Waals surface area contributed by atoms with Gasteiger partial charge in [0, 0.05) is 0 Å². The molecule has 1 unspecified atom stereocenters. The minimum atomic E-state index is -2.41. The van der Waals surface area contributed by atoms with E-state index in [1.807, 2.05) is 31.3 Å². The molecule has 0 fully saturated rings. The van der Waals surface area contributed by atoms with E-state index in [2.05, 4.69) is 30.9 Å². The first-order valence-electron chi connectivity index (χ1n) is 9.33. The normalized spacial score (nSPS) is 20.5. The zero-order chi connectivity index (χ0) is 21.0. The van der Waals surface area contributed by atoms with E-state index in [0.717, 1.165) is 5.69 Å². The van der Waals surface area contributed by atoms with Gasteiger partial charge < -0.3 is 0 Å². The number of hydrogen-bond acceptors (Lipinski definition) is 6. The summed E-state index contributed by atoms with van der Waals surface area (Å²) in [4.78, 5) is 24.5. The molecule has 1 atom stereocenters. The monoisotopic (exact) mass is 582 g/mol. The fourth-order valence-electron chi connectivity index (χ4n) is 4.33. The van der Waals surface area contributed by atoms with Gasteiger partial charge in [0.05, 0.1) is 0 Å². The average molecular weight is 581 g/mol. The number of fused-ring (bicyclic) bond motifs is 2. The molecule has 0 amide bonds. The van der Waals surface area contributed by atoms with Crippen LogP contribution in [0.5, 0.6) is 5.75 Å². The van der Waals surface area contributed by atoms with Gasteiger partial charge in [-0.2, -0.15) is 0 Å². The number of nitro groups is 1. The summed E-state index contributed by atoms with van der Waals surface area (Å²) >= 11 is -2.41. The molecule has 146 valence electrons. The molecule has 8 heteroatoms. The molecule has 0 aromatic heterocycles. The van der Waals surface area contributed by atoms with Gasteiger partial charge in [0.15, 0.2) is 0 Å². The molecule has 0 bridgehead atoms. The second-order valence-electron chi connectivity index (χ2n) is 7.89. The number of carbonyl (C=O) groups is 1. The molecule has 0 N–H and O–H groups in total. The van der Waals surface area contributed by atoms with Crippen LogP contribution in [0, 0.1) is 10.1 Å². The van der Waals surface area contributed by atoms with Gasteiger partial charge in [-0.3, -0.25) is 0 Å². The third kappa shape index (κ3) is 2.94. The van der Waals surface area contributed by atoms with Crippen molar-refractivity contribution in [1.29, 1.82) is 0 Å². The summed E-state index contributed by atoms with van der Waals surface area (Å²) in [6.07, 6.45) is 3.87. The Labute approximate surface area is 181 Å². The van der Waals surface area contributed by atoms with Crippen LogP contribution in [-0.2, 0) is 37.9 Å². The summed E-state index contributed by atoms with van der Waals surface area (Å²) in [5, 5.41) is 11.4. The third-order valence-electron chi connectivity index (χ3n) is 5.90. The Morgan fingerprint density at radius 3 is 2.66 bits per heavy atom. The Hall–Kier alpha value is -2.41. The van der Waals surface area contributed by atoms with Crippen LogP contribution < -0.4 is 12.7 Å². The summed E-state index contributed by atoms with van der Waals surface area (Å²) in [7, 11) is 1.99. The topological polar surface area (TPSA) is 81.9 Å². The van der Waals surface area contributed by atoms with E-state index in [1.165, 1.54) is 24.6 Å². The number of nitrogens with zero attached hydrogens (tertiary/aromatic N) is 2. The standard InChI is InChI=1S/C19H17N2O3.C2H4O2.Hg/c1-18(2)15-6-4-5-7-16(15)20(3)19(18)11-10-13-12-14(21(22)23)8-9-17(13)24-19;1-2(3)4;/h4-8,10-12H,1-3H3;1H3,(H,3,4);/q;;+1/p-1. The first-order valence-corrected chi connectivity index (χ1v) is 14.3. The van der Waals surface area contributed by atoms with Crippen LogP contribution in [0.25, 0.3) is 6.08 Å². The Morgan fingerprint density at radius 1 is 1.28 bits per heavy atom. The number of rotatable bonds is 3. The van der Waals surface area contributed by atoms with E-state index in [9.17, 15) is 14.9 Å². The van der Waals surface area contributed by atoms with Crippen LogP contribution in [0.2, 0.25) is 0 Å². The Morgan fingerprint density at radius 2 is 2.00 bits per heavy atom. The molecular weight excluding hydrogens is 561 g/mol. The number of nitro benzene ring substituents is 1. The minimum absolute atomic E-state index is 0.0163. The Kier molecular flexibility index (Phi) is 4.68. The van der Waals surface area contributed by atoms with Crippen molar-refractivity contribution in [2.45, 2.75) is 31.9 Å². The maximum absolute atomic E-state index is 11.4. The number of ether oxygens (including phenoxy) is 1. The molecule has 2 aromatic carbocycles. The van der Waals surface area contributed by atoms with Crippen LogP contribution in [0.4, 0.5) is 11.4 Å². The van der Waals surface area contributed by atoms with E-state index >= 15 is 0 Å². The van der Waals surface area contributed by atoms with Gasteiger partial charge in [-0.15, -0.1) is 0 Å². The van der Waals surface area contributed by atoms with Gasteiger partial charge in [0.25, 0.3) is 0 Å². The second-order valence-corrected chi connectivity index (χ2v) is 13.1. The van der Waals surface area contributed by atoms with Crippen molar-refractivity contribution in [2.24, 2.45) is 0 Å². The Bertz CT molecular complexity index is 1070. The molecule has 0 saturated heterocycles. The van der Waals surface area contributed by atoms with Crippen LogP contribution in [0.3, 0.4) is 0 Å². The van der Waals surface area contributed by atoms with Gasteiger partial charge >= 0.3 is 182 Å². The van der Waals surface area contributed by atoms with Gasteiger partial charge in [-0.05, 0) is 0 Å². The molecular formula is C21H20HgN2O5. The molecule has 0 saturated carbocycles. The first kappa shape index (κ1) is 19.9. The molecule has 7 nitrogen and oxygen atoms in total. The van der Waals surface area contributed by atoms with Crippen LogP contribution in [0.15, 0.2) is 42.5 Å². The first-order chi connectivity index (χ1) is 13.7. The molecule has 2 heterocycles. The van der Waals surface area contributed by atoms with Crippen LogP contribution in [0.1, 0.15) is 31.9 Å². The molecule has 2 aliphatic rings. The molecule has 0 radical (unpaired) electrons. The second kappa shape index (κ2) is 6.83. The molecule has 2 aromatic rings. The van der Waals surface area contributed by atoms with Gasteiger partial charge in [-0.25, -0.2) is 0 Å². The molecule has 0 aliphatic carbocycles. The zero-order valence-electron chi connectivity index (χ0n) is 16.8.